The highest BCUT2D eigenvalue weighted by molar-refractivity contribution is 6.05. The normalized spacial score (nSPS) is 11.8. The molecule has 0 aliphatic heterocycles. The minimum absolute atomic E-state index is 0.186. The van der Waals surface area contributed by atoms with E-state index in [1.54, 1.807) is 43.8 Å². The average molecular weight is 478 g/mol. The number of carbonyl (C=O) groups is 1. The molecule has 0 bridgehead atoms. The van der Waals surface area contributed by atoms with Gasteiger partial charge in [0.25, 0.3) is 5.91 Å². The van der Waals surface area contributed by atoms with Gasteiger partial charge in [-0.3, -0.25) is 9.78 Å². The molecule has 0 saturated heterocycles. The molecule has 5 aromatic rings. The summed E-state index contributed by atoms with van der Waals surface area (Å²) in [7, 11) is 1.60. The number of carbonyl (C=O) groups excluding carboxylic acids is 1. The molecule has 0 aliphatic carbocycles. The van der Waals surface area contributed by atoms with Crippen LogP contribution in [0.3, 0.4) is 0 Å². The Bertz CT molecular complexity index is 1510. The van der Waals surface area contributed by atoms with Crippen LogP contribution in [-0.2, 0) is 0 Å². The number of methoxy groups -OCH3 is 1. The Morgan fingerprint density at radius 1 is 0.944 bits per heavy atom. The van der Waals surface area contributed by atoms with E-state index < -0.39 is 0 Å². The number of anilines is 2. The SMILES string of the molecule is COc1ccc(C(=O)Nc2ccc3[nH]c(C)c([C@@H](Nc4cc(C)ccn4)c4ccccn4)c3c2)cc1. The monoisotopic (exact) mass is 477 g/mol. The van der Waals surface area contributed by atoms with Crippen molar-refractivity contribution in [2.24, 2.45) is 0 Å². The standard InChI is InChI=1S/C29H27N5O2/c1-18-13-15-31-26(16-18)34-28(25-6-4-5-14-30-25)27-19(2)32-24-12-9-21(17-23(24)27)33-29(35)20-7-10-22(36-3)11-8-20/h4-17,28,32H,1-3H3,(H,31,34)(H,33,35)/t28-/m0/s1. The maximum Gasteiger partial charge on any atom is 0.255 e. The van der Waals surface area contributed by atoms with Crippen LogP contribution in [0.1, 0.15) is 38.9 Å². The summed E-state index contributed by atoms with van der Waals surface area (Å²) in [4.78, 5) is 25.5. The molecule has 0 unspecified atom stereocenters. The summed E-state index contributed by atoms with van der Waals surface area (Å²) in [6, 6.07) is 22.5. The van der Waals surface area contributed by atoms with E-state index in [-0.39, 0.29) is 11.9 Å². The smallest absolute Gasteiger partial charge is 0.255 e. The quantitative estimate of drug-likeness (QED) is 0.266. The predicted molar refractivity (Wildman–Crippen MR) is 143 cm³/mol. The summed E-state index contributed by atoms with van der Waals surface area (Å²) in [5.74, 6) is 1.29. The second-order valence-electron chi connectivity index (χ2n) is 8.66. The molecule has 0 saturated carbocycles. The number of pyridine rings is 2. The Hall–Kier alpha value is -4.65. The van der Waals surface area contributed by atoms with Gasteiger partial charge in [-0.05, 0) is 86.1 Å². The van der Waals surface area contributed by atoms with Crippen LogP contribution in [0.4, 0.5) is 11.5 Å². The van der Waals surface area contributed by atoms with Gasteiger partial charge in [0.15, 0.2) is 0 Å². The van der Waals surface area contributed by atoms with Crippen LogP contribution in [0.25, 0.3) is 10.9 Å². The van der Waals surface area contributed by atoms with Gasteiger partial charge in [-0.1, -0.05) is 6.07 Å². The molecule has 3 aromatic heterocycles. The number of benzene rings is 2. The third-order valence-electron chi connectivity index (χ3n) is 6.13. The Morgan fingerprint density at radius 2 is 1.78 bits per heavy atom. The molecule has 0 aliphatic rings. The fourth-order valence-electron chi connectivity index (χ4n) is 4.35. The van der Waals surface area contributed by atoms with E-state index in [0.29, 0.717) is 17.0 Å². The van der Waals surface area contributed by atoms with Crippen molar-refractivity contribution in [1.29, 1.82) is 0 Å². The van der Waals surface area contributed by atoms with Gasteiger partial charge >= 0.3 is 0 Å². The van der Waals surface area contributed by atoms with E-state index in [2.05, 4.69) is 25.6 Å². The number of rotatable bonds is 7. The lowest BCUT2D eigenvalue weighted by Crippen LogP contribution is -2.15. The summed E-state index contributed by atoms with van der Waals surface area (Å²) in [6.45, 7) is 4.09. The molecular weight excluding hydrogens is 450 g/mol. The van der Waals surface area contributed by atoms with Crippen molar-refractivity contribution >= 4 is 28.3 Å². The van der Waals surface area contributed by atoms with Crippen molar-refractivity contribution in [2.75, 3.05) is 17.7 Å². The number of hydrogen-bond donors (Lipinski definition) is 3. The molecule has 0 spiro atoms. The van der Waals surface area contributed by atoms with Gasteiger partial charge in [0.1, 0.15) is 11.6 Å². The van der Waals surface area contributed by atoms with Crippen LogP contribution in [0.15, 0.2) is 85.2 Å². The lowest BCUT2D eigenvalue weighted by molar-refractivity contribution is 0.102. The summed E-state index contributed by atoms with van der Waals surface area (Å²) < 4.78 is 5.19. The van der Waals surface area contributed by atoms with E-state index in [1.165, 1.54) is 0 Å². The zero-order chi connectivity index (χ0) is 25.1. The van der Waals surface area contributed by atoms with Gasteiger partial charge in [0.2, 0.25) is 0 Å². The molecule has 0 radical (unpaired) electrons. The topological polar surface area (TPSA) is 91.9 Å². The fourth-order valence-corrected chi connectivity index (χ4v) is 4.35. The molecule has 1 amide bonds. The third kappa shape index (κ3) is 4.77. The Morgan fingerprint density at radius 3 is 2.50 bits per heavy atom. The molecule has 0 fully saturated rings. The van der Waals surface area contributed by atoms with Crippen molar-refractivity contribution < 1.29 is 9.53 Å². The molecule has 7 heteroatoms. The Kier molecular flexibility index (Phi) is 6.36. The highest BCUT2D eigenvalue weighted by atomic mass is 16.5. The fraction of sp³-hybridized carbons (Fsp3) is 0.138. The van der Waals surface area contributed by atoms with Crippen molar-refractivity contribution in [3.63, 3.8) is 0 Å². The van der Waals surface area contributed by atoms with E-state index >= 15 is 0 Å². The van der Waals surface area contributed by atoms with Gasteiger partial charge in [0, 0.05) is 45.8 Å². The molecule has 7 nitrogen and oxygen atoms in total. The molecular formula is C29H27N5O2. The Labute approximate surface area is 209 Å². The number of aromatic amines is 1. The van der Waals surface area contributed by atoms with Crippen molar-refractivity contribution in [2.45, 2.75) is 19.9 Å². The molecule has 5 rings (SSSR count). The third-order valence-corrected chi connectivity index (χ3v) is 6.13. The second-order valence-corrected chi connectivity index (χ2v) is 8.66. The summed E-state index contributed by atoms with van der Waals surface area (Å²) in [6.07, 6.45) is 3.58. The Balaban J connectivity index is 1.53. The summed E-state index contributed by atoms with van der Waals surface area (Å²) in [5.41, 5.74) is 6.29. The van der Waals surface area contributed by atoms with Crippen LogP contribution < -0.4 is 15.4 Å². The number of amides is 1. The highest BCUT2D eigenvalue weighted by Gasteiger charge is 2.23. The minimum atomic E-state index is -0.248. The highest BCUT2D eigenvalue weighted by Crippen LogP contribution is 2.35. The molecule has 1 atom stereocenters. The second kappa shape index (κ2) is 9.92. The first-order chi connectivity index (χ1) is 17.5. The first-order valence-corrected chi connectivity index (χ1v) is 11.7. The number of fused-ring (bicyclic) bond motifs is 1. The van der Waals surface area contributed by atoms with E-state index in [9.17, 15) is 4.79 Å². The first kappa shape index (κ1) is 23.1. The largest absolute Gasteiger partial charge is 0.497 e. The molecule has 36 heavy (non-hydrogen) atoms. The van der Waals surface area contributed by atoms with Crippen molar-refractivity contribution in [1.82, 2.24) is 15.0 Å². The zero-order valence-corrected chi connectivity index (χ0v) is 20.4. The van der Waals surface area contributed by atoms with E-state index in [1.807, 2.05) is 62.4 Å². The number of nitrogens with one attached hydrogen (secondary N) is 3. The van der Waals surface area contributed by atoms with Gasteiger partial charge in [-0.25, -0.2) is 4.98 Å². The zero-order valence-electron chi connectivity index (χ0n) is 20.4. The number of aryl methyl sites for hydroxylation is 2. The van der Waals surface area contributed by atoms with E-state index in [4.69, 9.17) is 4.74 Å². The van der Waals surface area contributed by atoms with Gasteiger partial charge < -0.3 is 20.4 Å². The maximum atomic E-state index is 12.9. The molecule has 3 heterocycles. The number of aromatic nitrogens is 3. The lowest BCUT2D eigenvalue weighted by atomic mass is 9.99. The van der Waals surface area contributed by atoms with Crippen LogP contribution >= 0.6 is 0 Å². The maximum absolute atomic E-state index is 12.9. The average Bonchev–Trinajstić information content (AvgIpc) is 3.22. The van der Waals surface area contributed by atoms with Crippen LogP contribution in [0.2, 0.25) is 0 Å². The predicted octanol–water partition coefficient (Wildman–Crippen LogP) is 6.04. The molecule has 2 aromatic carbocycles. The van der Waals surface area contributed by atoms with Gasteiger partial charge in [-0.15, -0.1) is 0 Å². The molecule has 3 N–H and O–H groups in total. The van der Waals surface area contributed by atoms with E-state index in [0.717, 1.165) is 39.2 Å². The minimum Gasteiger partial charge on any atom is -0.497 e. The number of H-pyrrole nitrogens is 1. The molecule has 180 valence electrons. The van der Waals surface area contributed by atoms with Crippen molar-refractivity contribution in [3.05, 3.63) is 113 Å². The number of hydrogen-bond acceptors (Lipinski definition) is 5. The van der Waals surface area contributed by atoms with Crippen LogP contribution in [0, 0.1) is 13.8 Å². The van der Waals surface area contributed by atoms with Crippen LogP contribution in [-0.4, -0.2) is 28.0 Å². The number of ether oxygens (including phenoxy) is 1. The summed E-state index contributed by atoms with van der Waals surface area (Å²) >= 11 is 0. The lowest BCUT2D eigenvalue weighted by Gasteiger charge is -2.20. The first-order valence-electron chi connectivity index (χ1n) is 11.7. The van der Waals surface area contributed by atoms with Crippen molar-refractivity contribution in [3.8, 4) is 5.75 Å². The van der Waals surface area contributed by atoms with Gasteiger partial charge in [-0.2, -0.15) is 0 Å². The van der Waals surface area contributed by atoms with Crippen LogP contribution in [0.5, 0.6) is 5.75 Å². The summed E-state index contributed by atoms with van der Waals surface area (Å²) in [5, 5.41) is 7.59. The van der Waals surface area contributed by atoms with Gasteiger partial charge in [0.05, 0.1) is 18.8 Å². The number of nitrogens with zero attached hydrogens (tertiary/aromatic N) is 2.